The molecule has 0 saturated carbocycles. The lowest BCUT2D eigenvalue weighted by molar-refractivity contribution is 0.628. The van der Waals surface area contributed by atoms with E-state index in [9.17, 15) is 4.39 Å². The molecule has 5 heteroatoms. The van der Waals surface area contributed by atoms with Crippen molar-refractivity contribution < 1.29 is 4.39 Å². The minimum Gasteiger partial charge on any atom is -0.382 e. The maximum absolute atomic E-state index is 13.0. The molecule has 0 saturated heterocycles. The van der Waals surface area contributed by atoms with Gasteiger partial charge in [0.25, 0.3) is 0 Å². The monoisotopic (exact) mass is 228 g/mol. The number of halogens is 2. The number of rotatable bonds is 1. The Balaban J connectivity index is 2.57. The molecule has 0 aliphatic rings. The molecule has 2 rings (SSSR count). The van der Waals surface area contributed by atoms with Crippen LogP contribution in [0, 0.1) is 5.82 Å². The summed E-state index contributed by atoms with van der Waals surface area (Å²) in [6.07, 6.45) is 0. The lowest BCUT2D eigenvalue weighted by Crippen LogP contribution is -1.87. The normalized spacial score (nSPS) is 10.4. The van der Waals surface area contributed by atoms with Crippen molar-refractivity contribution in [1.82, 2.24) is 4.98 Å². The maximum Gasteiger partial charge on any atom is 0.142 e. The predicted molar refractivity (Wildman–Crippen MR) is 56.9 cm³/mol. The van der Waals surface area contributed by atoms with Crippen LogP contribution in [-0.4, -0.2) is 4.98 Å². The zero-order valence-electron chi connectivity index (χ0n) is 7.00. The number of aromatic nitrogens is 1. The Kier molecular flexibility index (Phi) is 2.39. The SMILES string of the molecule is Nc1ncsc1-c1cc(F)cc(Cl)c1. The molecule has 0 fully saturated rings. The number of thiazole rings is 1. The molecule has 1 aromatic heterocycles. The van der Waals surface area contributed by atoms with Gasteiger partial charge >= 0.3 is 0 Å². The van der Waals surface area contributed by atoms with Gasteiger partial charge in [-0.3, -0.25) is 0 Å². The number of nitrogens with two attached hydrogens (primary N) is 1. The van der Waals surface area contributed by atoms with Crippen molar-refractivity contribution in [3.8, 4) is 10.4 Å². The van der Waals surface area contributed by atoms with Gasteiger partial charge in [0.05, 0.1) is 10.4 Å². The third kappa shape index (κ3) is 1.71. The second-order valence-corrected chi connectivity index (χ2v) is 4.02. The van der Waals surface area contributed by atoms with E-state index in [1.807, 2.05) is 0 Å². The van der Waals surface area contributed by atoms with Crippen LogP contribution in [-0.2, 0) is 0 Å². The molecule has 0 amide bonds. The van der Waals surface area contributed by atoms with E-state index in [1.54, 1.807) is 11.6 Å². The van der Waals surface area contributed by atoms with Crippen LogP contribution in [0.2, 0.25) is 5.02 Å². The number of nitrogens with zero attached hydrogens (tertiary/aromatic N) is 1. The molecule has 2 N–H and O–H groups in total. The van der Waals surface area contributed by atoms with Crippen molar-refractivity contribution in [3.63, 3.8) is 0 Å². The summed E-state index contributed by atoms with van der Waals surface area (Å²) in [7, 11) is 0. The predicted octanol–water partition coefficient (Wildman–Crippen LogP) is 3.18. The molecule has 1 aromatic carbocycles. The standard InChI is InChI=1S/C9H6ClFN2S/c10-6-1-5(2-7(11)3-6)8-9(12)13-4-14-8/h1-4H,12H2. The van der Waals surface area contributed by atoms with E-state index >= 15 is 0 Å². The average molecular weight is 229 g/mol. The lowest BCUT2D eigenvalue weighted by atomic mass is 10.2. The second kappa shape index (κ2) is 3.55. The number of anilines is 1. The molecule has 72 valence electrons. The van der Waals surface area contributed by atoms with Crippen LogP contribution in [0.15, 0.2) is 23.7 Å². The Hall–Kier alpha value is -1.13. The molecule has 0 aliphatic carbocycles. The summed E-state index contributed by atoms with van der Waals surface area (Å²) in [5, 5.41) is 0.354. The summed E-state index contributed by atoms with van der Waals surface area (Å²) < 4.78 is 13.0. The molecule has 0 bridgehead atoms. The first-order valence-corrected chi connectivity index (χ1v) is 5.08. The smallest absolute Gasteiger partial charge is 0.142 e. The number of hydrogen-bond acceptors (Lipinski definition) is 3. The summed E-state index contributed by atoms with van der Waals surface area (Å²) in [5.74, 6) is 0.0250. The molecule has 2 aromatic rings. The third-order valence-corrected chi connectivity index (χ3v) is 2.83. The van der Waals surface area contributed by atoms with Gasteiger partial charge in [-0.1, -0.05) is 11.6 Å². The summed E-state index contributed by atoms with van der Waals surface area (Å²) in [5.41, 5.74) is 7.88. The Labute approximate surface area is 89.2 Å². The highest BCUT2D eigenvalue weighted by Gasteiger charge is 2.07. The van der Waals surface area contributed by atoms with Gasteiger partial charge in [-0.25, -0.2) is 9.37 Å². The van der Waals surface area contributed by atoms with Gasteiger partial charge in [0, 0.05) is 5.02 Å². The van der Waals surface area contributed by atoms with Crippen molar-refractivity contribution in [1.29, 1.82) is 0 Å². The average Bonchev–Trinajstić information content (AvgIpc) is 2.49. The highest BCUT2D eigenvalue weighted by molar-refractivity contribution is 7.13. The topological polar surface area (TPSA) is 38.9 Å². The molecular formula is C9H6ClFN2S. The van der Waals surface area contributed by atoms with Crippen LogP contribution in [0.25, 0.3) is 10.4 Å². The molecular weight excluding hydrogens is 223 g/mol. The van der Waals surface area contributed by atoms with Gasteiger partial charge in [0.2, 0.25) is 0 Å². The van der Waals surface area contributed by atoms with E-state index < -0.39 is 0 Å². The first kappa shape index (κ1) is 9.43. The van der Waals surface area contributed by atoms with Gasteiger partial charge in [-0.05, 0) is 23.8 Å². The van der Waals surface area contributed by atoms with Crippen molar-refractivity contribution in [3.05, 3.63) is 34.5 Å². The van der Waals surface area contributed by atoms with Crippen LogP contribution in [0.4, 0.5) is 10.2 Å². The van der Waals surface area contributed by atoms with Gasteiger partial charge in [-0.2, -0.15) is 0 Å². The summed E-state index contributed by atoms with van der Waals surface area (Å²) in [4.78, 5) is 4.63. The molecule has 0 aliphatic heterocycles. The van der Waals surface area contributed by atoms with Crippen molar-refractivity contribution in [2.45, 2.75) is 0 Å². The van der Waals surface area contributed by atoms with Gasteiger partial charge < -0.3 is 5.73 Å². The van der Waals surface area contributed by atoms with E-state index in [0.29, 0.717) is 16.4 Å². The molecule has 0 atom stereocenters. The van der Waals surface area contributed by atoms with Crippen LogP contribution in [0.5, 0.6) is 0 Å². The number of benzene rings is 1. The third-order valence-electron chi connectivity index (χ3n) is 1.72. The Morgan fingerprint density at radius 3 is 2.71 bits per heavy atom. The lowest BCUT2D eigenvalue weighted by Gasteiger charge is -1.99. The van der Waals surface area contributed by atoms with Crippen LogP contribution < -0.4 is 5.73 Å². The fourth-order valence-electron chi connectivity index (χ4n) is 1.16. The first-order valence-electron chi connectivity index (χ1n) is 3.82. The Morgan fingerprint density at radius 1 is 1.36 bits per heavy atom. The number of hydrogen-bond donors (Lipinski definition) is 1. The van der Waals surface area contributed by atoms with E-state index in [4.69, 9.17) is 17.3 Å². The Bertz CT molecular complexity index is 449. The zero-order chi connectivity index (χ0) is 10.1. The van der Waals surface area contributed by atoms with E-state index in [-0.39, 0.29) is 5.82 Å². The Morgan fingerprint density at radius 2 is 2.14 bits per heavy atom. The fraction of sp³-hybridized carbons (Fsp3) is 0. The van der Waals surface area contributed by atoms with E-state index in [2.05, 4.69) is 4.98 Å². The maximum atomic E-state index is 13.0. The minimum atomic E-state index is -0.375. The van der Waals surface area contributed by atoms with Gasteiger partial charge in [0.15, 0.2) is 0 Å². The van der Waals surface area contributed by atoms with Crippen LogP contribution >= 0.6 is 22.9 Å². The minimum absolute atomic E-state index is 0.354. The molecule has 14 heavy (non-hydrogen) atoms. The van der Waals surface area contributed by atoms with E-state index in [0.717, 1.165) is 4.88 Å². The van der Waals surface area contributed by atoms with Crippen molar-refractivity contribution in [2.75, 3.05) is 5.73 Å². The second-order valence-electron chi connectivity index (χ2n) is 2.72. The van der Waals surface area contributed by atoms with Gasteiger partial charge in [-0.15, -0.1) is 11.3 Å². The quantitative estimate of drug-likeness (QED) is 0.814. The van der Waals surface area contributed by atoms with Crippen molar-refractivity contribution >= 4 is 28.8 Å². The highest BCUT2D eigenvalue weighted by Crippen LogP contribution is 2.31. The summed E-state index contributed by atoms with van der Waals surface area (Å²) in [6, 6.07) is 4.30. The molecule has 0 radical (unpaired) electrons. The summed E-state index contributed by atoms with van der Waals surface area (Å²) >= 11 is 7.08. The van der Waals surface area contributed by atoms with Crippen LogP contribution in [0.3, 0.4) is 0 Å². The largest absolute Gasteiger partial charge is 0.382 e. The first-order chi connectivity index (χ1) is 6.66. The number of nitrogen functional groups attached to an aromatic ring is 1. The summed E-state index contributed by atoms with van der Waals surface area (Å²) in [6.45, 7) is 0. The van der Waals surface area contributed by atoms with Gasteiger partial charge in [0.1, 0.15) is 11.6 Å². The molecule has 0 spiro atoms. The molecule has 1 heterocycles. The van der Waals surface area contributed by atoms with Crippen LogP contribution in [0.1, 0.15) is 0 Å². The molecule has 0 unspecified atom stereocenters. The molecule has 2 nitrogen and oxygen atoms in total. The fourth-order valence-corrected chi connectivity index (χ4v) is 2.08. The zero-order valence-corrected chi connectivity index (χ0v) is 8.57. The van der Waals surface area contributed by atoms with Crippen molar-refractivity contribution in [2.24, 2.45) is 0 Å². The highest BCUT2D eigenvalue weighted by atomic mass is 35.5. The van der Waals surface area contributed by atoms with E-state index in [1.165, 1.54) is 23.5 Å².